The molecule has 0 aromatic heterocycles. The molecule has 2 aliphatic rings. The van der Waals surface area contributed by atoms with Crippen LogP contribution in [0.3, 0.4) is 0 Å². The maximum atomic E-state index is 13.1. The Morgan fingerprint density at radius 1 is 1.19 bits per heavy atom. The lowest BCUT2D eigenvalue weighted by Gasteiger charge is -2.31. The van der Waals surface area contributed by atoms with Crippen LogP contribution in [-0.2, 0) is 16.4 Å². The van der Waals surface area contributed by atoms with Crippen LogP contribution in [0.2, 0.25) is 0 Å². The fourth-order valence-electron chi connectivity index (χ4n) is 3.71. The Labute approximate surface area is 154 Å². The van der Waals surface area contributed by atoms with Crippen LogP contribution in [0.5, 0.6) is 17.2 Å². The molecule has 2 aromatic carbocycles. The number of nitrogens with zero attached hydrogens (tertiary/aromatic N) is 1. The number of para-hydroxylation sites is 1. The molecular formula is C18H16F3NO4S. The Morgan fingerprint density at radius 2 is 1.93 bits per heavy atom. The maximum Gasteiger partial charge on any atom is 0.511 e. The number of methoxy groups -OCH3 is 1. The minimum atomic E-state index is -5.43. The molecule has 2 heterocycles. The Morgan fingerprint density at radius 3 is 2.63 bits per heavy atom. The lowest BCUT2D eigenvalue weighted by atomic mass is 9.85. The third-order valence-corrected chi connectivity index (χ3v) is 6.57. The fraction of sp³-hybridized carbons (Fsp3) is 0.333. The number of benzene rings is 2. The summed E-state index contributed by atoms with van der Waals surface area (Å²) in [5.74, 6) is 0.803. The minimum absolute atomic E-state index is 0.156. The van der Waals surface area contributed by atoms with E-state index in [-0.39, 0.29) is 19.5 Å². The van der Waals surface area contributed by atoms with Gasteiger partial charge in [0.1, 0.15) is 5.75 Å². The number of rotatable bonds is 2. The smallest absolute Gasteiger partial charge is 0.493 e. The molecule has 4 rings (SSSR count). The monoisotopic (exact) mass is 399 g/mol. The van der Waals surface area contributed by atoms with Gasteiger partial charge in [-0.2, -0.15) is 17.5 Å². The average Bonchev–Trinajstić information content (AvgIpc) is 2.83. The van der Waals surface area contributed by atoms with Gasteiger partial charge in [-0.15, -0.1) is 0 Å². The van der Waals surface area contributed by atoms with Crippen LogP contribution < -0.4 is 9.47 Å². The van der Waals surface area contributed by atoms with E-state index in [0.29, 0.717) is 32.7 Å². The molecule has 0 bridgehead atoms. The molecule has 0 amide bonds. The second-order valence-electron chi connectivity index (χ2n) is 6.42. The van der Waals surface area contributed by atoms with E-state index < -0.39 is 21.4 Å². The largest absolute Gasteiger partial charge is 0.511 e. The first kappa shape index (κ1) is 18.1. The van der Waals surface area contributed by atoms with Crippen molar-refractivity contribution in [2.75, 3.05) is 20.2 Å². The van der Waals surface area contributed by atoms with E-state index in [0.717, 1.165) is 5.56 Å². The minimum Gasteiger partial charge on any atom is -0.493 e. The van der Waals surface area contributed by atoms with Crippen LogP contribution in [0.25, 0.3) is 0 Å². The van der Waals surface area contributed by atoms with Crippen LogP contribution in [0.4, 0.5) is 13.2 Å². The third kappa shape index (κ3) is 2.76. The number of halogens is 3. The Kier molecular flexibility index (Phi) is 4.12. The zero-order chi connectivity index (χ0) is 19.4. The molecule has 0 saturated heterocycles. The van der Waals surface area contributed by atoms with E-state index in [1.54, 1.807) is 36.4 Å². The first-order valence-electron chi connectivity index (χ1n) is 8.27. The van der Waals surface area contributed by atoms with Gasteiger partial charge in [0.25, 0.3) is 0 Å². The number of hydrogen-bond acceptors (Lipinski definition) is 4. The second-order valence-corrected chi connectivity index (χ2v) is 8.35. The molecule has 0 N–H and O–H groups in total. The molecule has 5 nitrogen and oxygen atoms in total. The van der Waals surface area contributed by atoms with Crippen molar-refractivity contribution >= 4 is 10.0 Å². The number of ether oxygens (including phenoxy) is 2. The van der Waals surface area contributed by atoms with Gasteiger partial charge in [0.05, 0.1) is 7.11 Å². The fourth-order valence-corrected chi connectivity index (χ4v) is 4.68. The molecule has 27 heavy (non-hydrogen) atoms. The standard InChI is InChI=1S/C18H16F3NO4S/c1-25-15-7-6-11-8-9-22(27(23,24)18(19,20)21)10-13-12-4-2-3-5-14(12)26-17(15)16(11)13/h2-7,13H,8-10H2,1H3. The predicted molar refractivity (Wildman–Crippen MR) is 91.6 cm³/mol. The molecule has 0 aliphatic carbocycles. The molecule has 9 heteroatoms. The number of sulfonamides is 1. The summed E-state index contributed by atoms with van der Waals surface area (Å²) in [7, 11) is -3.95. The van der Waals surface area contributed by atoms with Gasteiger partial charge in [-0.1, -0.05) is 24.3 Å². The lowest BCUT2D eigenvalue weighted by Crippen LogP contribution is -2.43. The second kappa shape index (κ2) is 6.13. The van der Waals surface area contributed by atoms with Crippen LogP contribution in [0.1, 0.15) is 22.6 Å². The molecule has 0 spiro atoms. The molecule has 0 saturated carbocycles. The predicted octanol–water partition coefficient (Wildman–Crippen LogP) is 3.64. The highest BCUT2D eigenvalue weighted by atomic mass is 32.2. The summed E-state index contributed by atoms with van der Waals surface area (Å²) >= 11 is 0. The summed E-state index contributed by atoms with van der Waals surface area (Å²) in [6.07, 6.45) is 0.156. The summed E-state index contributed by atoms with van der Waals surface area (Å²) in [4.78, 5) is 0. The van der Waals surface area contributed by atoms with Crippen molar-refractivity contribution in [3.63, 3.8) is 0 Å². The highest BCUT2D eigenvalue weighted by Gasteiger charge is 2.51. The van der Waals surface area contributed by atoms with E-state index >= 15 is 0 Å². The summed E-state index contributed by atoms with van der Waals surface area (Å²) in [5.41, 5.74) is -3.24. The highest BCUT2D eigenvalue weighted by molar-refractivity contribution is 7.90. The van der Waals surface area contributed by atoms with E-state index in [2.05, 4.69) is 0 Å². The molecule has 0 radical (unpaired) electrons. The van der Waals surface area contributed by atoms with Gasteiger partial charge in [-0.25, -0.2) is 8.42 Å². The first-order valence-corrected chi connectivity index (χ1v) is 9.71. The van der Waals surface area contributed by atoms with Gasteiger partial charge >= 0.3 is 15.5 Å². The molecule has 1 atom stereocenters. The van der Waals surface area contributed by atoms with Gasteiger partial charge < -0.3 is 9.47 Å². The SMILES string of the molecule is COc1ccc2c3c1Oc1ccccc1C3CN(S(=O)(=O)C(F)(F)F)CC2. The van der Waals surface area contributed by atoms with Gasteiger partial charge in [0.15, 0.2) is 11.5 Å². The van der Waals surface area contributed by atoms with Gasteiger partial charge in [0, 0.05) is 30.1 Å². The van der Waals surface area contributed by atoms with Crippen molar-refractivity contribution in [1.29, 1.82) is 0 Å². The number of alkyl halides is 3. The number of hydrogen-bond donors (Lipinski definition) is 0. The normalized spacial score (nSPS) is 19.5. The molecule has 0 fully saturated rings. The summed E-state index contributed by atoms with van der Waals surface area (Å²) in [5, 5.41) is 0. The van der Waals surface area contributed by atoms with Crippen molar-refractivity contribution in [2.24, 2.45) is 0 Å². The van der Waals surface area contributed by atoms with Gasteiger partial charge in [-0.05, 0) is 24.1 Å². The Balaban J connectivity index is 1.89. The number of fused-ring (bicyclic) bond motifs is 2. The molecule has 144 valence electrons. The quantitative estimate of drug-likeness (QED) is 0.774. The summed E-state index contributed by atoms with van der Waals surface area (Å²) in [6.45, 7) is -0.561. The average molecular weight is 399 g/mol. The van der Waals surface area contributed by atoms with Crippen LogP contribution >= 0.6 is 0 Å². The molecule has 1 unspecified atom stereocenters. The topological polar surface area (TPSA) is 55.8 Å². The van der Waals surface area contributed by atoms with Crippen molar-refractivity contribution in [2.45, 2.75) is 17.8 Å². The van der Waals surface area contributed by atoms with Gasteiger partial charge in [-0.3, -0.25) is 0 Å². The van der Waals surface area contributed by atoms with E-state index in [1.165, 1.54) is 7.11 Å². The van der Waals surface area contributed by atoms with E-state index in [4.69, 9.17) is 9.47 Å². The molecule has 2 aliphatic heterocycles. The van der Waals surface area contributed by atoms with Crippen molar-refractivity contribution in [3.05, 3.63) is 53.1 Å². The Hall–Kier alpha value is -2.26. The van der Waals surface area contributed by atoms with Gasteiger partial charge in [0.2, 0.25) is 0 Å². The van der Waals surface area contributed by atoms with E-state index in [1.807, 2.05) is 0 Å². The Bertz CT molecular complexity index is 1000. The summed E-state index contributed by atoms with van der Waals surface area (Å²) in [6, 6.07) is 10.4. The lowest BCUT2D eigenvalue weighted by molar-refractivity contribution is -0.0489. The van der Waals surface area contributed by atoms with Crippen LogP contribution in [0.15, 0.2) is 36.4 Å². The maximum absolute atomic E-state index is 13.1. The molecule has 2 aromatic rings. The first-order chi connectivity index (χ1) is 12.7. The van der Waals surface area contributed by atoms with Crippen molar-refractivity contribution < 1.29 is 31.1 Å². The van der Waals surface area contributed by atoms with Crippen LogP contribution in [0, 0.1) is 0 Å². The zero-order valence-electron chi connectivity index (χ0n) is 14.3. The molecular weight excluding hydrogens is 383 g/mol. The van der Waals surface area contributed by atoms with E-state index in [9.17, 15) is 21.6 Å². The van der Waals surface area contributed by atoms with Crippen LogP contribution in [-0.4, -0.2) is 38.4 Å². The van der Waals surface area contributed by atoms with Crippen molar-refractivity contribution in [1.82, 2.24) is 4.31 Å². The highest BCUT2D eigenvalue weighted by Crippen LogP contribution is 2.51. The zero-order valence-corrected chi connectivity index (χ0v) is 15.1. The van der Waals surface area contributed by atoms with Crippen molar-refractivity contribution in [3.8, 4) is 17.2 Å². The summed E-state index contributed by atoms with van der Waals surface area (Å²) < 4.78 is 75.4. The third-order valence-electron chi connectivity index (χ3n) is 4.97.